The van der Waals surface area contributed by atoms with E-state index in [-0.39, 0.29) is 11.8 Å². The van der Waals surface area contributed by atoms with Crippen molar-refractivity contribution in [3.05, 3.63) is 35.2 Å². The Bertz CT molecular complexity index is 643. The average Bonchev–Trinajstić information content (AvgIpc) is 2.85. The zero-order valence-electron chi connectivity index (χ0n) is 12.6. The van der Waals surface area contributed by atoms with Crippen molar-refractivity contribution in [1.82, 2.24) is 5.32 Å². The lowest BCUT2D eigenvalue weighted by molar-refractivity contribution is 0.499. The number of fused-ring (bicyclic) bond motifs is 1. The van der Waals surface area contributed by atoms with Crippen LogP contribution in [-0.4, -0.2) is 27.0 Å². The van der Waals surface area contributed by atoms with E-state index >= 15 is 0 Å². The molecule has 0 aliphatic carbocycles. The third-order valence-electron chi connectivity index (χ3n) is 3.44. The smallest absolute Gasteiger partial charge is 0.147 e. The van der Waals surface area contributed by atoms with E-state index in [0.29, 0.717) is 6.42 Å². The van der Waals surface area contributed by atoms with E-state index in [9.17, 15) is 8.42 Å². The van der Waals surface area contributed by atoms with E-state index in [2.05, 4.69) is 42.6 Å². The van der Waals surface area contributed by atoms with Crippen molar-refractivity contribution in [2.75, 3.05) is 18.6 Å². The molecule has 5 heteroatoms. The van der Waals surface area contributed by atoms with E-state index in [1.807, 2.05) is 0 Å². The van der Waals surface area contributed by atoms with Crippen molar-refractivity contribution < 1.29 is 8.42 Å². The molecule has 1 atom stereocenters. The van der Waals surface area contributed by atoms with Crippen molar-refractivity contribution >= 4 is 31.3 Å². The van der Waals surface area contributed by atoms with Gasteiger partial charge >= 0.3 is 0 Å². The Hall–Kier alpha value is -0.910. The van der Waals surface area contributed by atoms with Crippen LogP contribution in [0, 0.1) is 0 Å². The van der Waals surface area contributed by atoms with Gasteiger partial charge in [0.1, 0.15) is 9.84 Å². The van der Waals surface area contributed by atoms with Gasteiger partial charge in [0.05, 0.1) is 0 Å². The van der Waals surface area contributed by atoms with Gasteiger partial charge in [-0.05, 0) is 43.3 Å². The van der Waals surface area contributed by atoms with Gasteiger partial charge in [-0.25, -0.2) is 8.42 Å². The van der Waals surface area contributed by atoms with Crippen LogP contribution in [0.3, 0.4) is 0 Å². The highest BCUT2D eigenvalue weighted by molar-refractivity contribution is 7.90. The van der Waals surface area contributed by atoms with E-state index in [0.717, 1.165) is 19.4 Å². The molecule has 2 rings (SSSR count). The zero-order chi connectivity index (χ0) is 15.3. The molecule has 2 aromatic rings. The summed E-state index contributed by atoms with van der Waals surface area (Å²) in [6.07, 6.45) is 3.95. The summed E-state index contributed by atoms with van der Waals surface area (Å²) in [6, 6.07) is 10.9. The molecule has 1 unspecified atom stereocenters. The summed E-state index contributed by atoms with van der Waals surface area (Å²) < 4.78 is 23.9. The van der Waals surface area contributed by atoms with Gasteiger partial charge in [-0.1, -0.05) is 25.1 Å². The molecule has 1 heterocycles. The fourth-order valence-electron chi connectivity index (χ4n) is 2.39. The highest BCUT2D eigenvalue weighted by Gasteiger charge is 2.15. The number of rotatable bonds is 8. The Kier molecular flexibility index (Phi) is 5.79. The number of sulfone groups is 1. The Labute approximate surface area is 131 Å². The number of thiophene rings is 1. The summed E-state index contributed by atoms with van der Waals surface area (Å²) in [7, 11) is -2.87. The minimum Gasteiger partial charge on any atom is -0.309 e. The molecule has 3 nitrogen and oxygen atoms in total. The van der Waals surface area contributed by atoms with E-state index in [4.69, 9.17) is 0 Å². The van der Waals surface area contributed by atoms with Gasteiger partial charge in [-0.3, -0.25) is 0 Å². The summed E-state index contributed by atoms with van der Waals surface area (Å²) in [5.74, 6) is 0.266. The first-order chi connectivity index (χ1) is 9.99. The molecule has 0 aliphatic rings. The molecule has 21 heavy (non-hydrogen) atoms. The SMILES string of the molecule is CCCNC(CCCS(C)(=O)=O)c1cc2ccccc2s1. The second kappa shape index (κ2) is 7.38. The summed E-state index contributed by atoms with van der Waals surface area (Å²) in [5.41, 5.74) is 0. The first kappa shape index (κ1) is 16.5. The van der Waals surface area contributed by atoms with Crippen molar-refractivity contribution in [2.24, 2.45) is 0 Å². The molecule has 0 saturated heterocycles. The lowest BCUT2D eigenvalue weighted by Gasteiger charge is -2.16. The third-order valence-corrected chi connectivity index (χ3v) is 5.70. The quantitative estimate of drug-likeness (QED) is 0.803. The minimum absolute atomic E-state index is 0.254. The Balaban J connectivity index is 2.10. The van der Waals surface area contributed by atoms with Crippen LogP contribution in [-0.2, 0) is 9.84 Å². The molecule has 0 aliphatic heterocycles. The van der Waals surface area contributed by atoms with Gasteiger partial charge in [0.2, 0.25) is 0 Å². The molecule has 1 N–H and O–H groups in total. The molecule has 1 aromatic heterocycles. The van der Waals surface area contributed by atoms with Crippen molar-refractivity contribution in [3.8, 4) is 0 Å². The van der Waals surface area contributed by atoms with Crippen LogP contribution in [0.25, 0.3) is 10.1 Å². The standard InChI is InChI=1S/C16H23NO2S2/c1-3-10-17-14(8-6-11-21(2,18)19)16-12-13-7-4-5-9-15(13)20-16/h4-5,7,9,12,14,17H,3,6,8,10-11H2,1-2H3. The van der Waals surface area contributed by atoms with Crippen LogP contribution < -0.4 is 5.32 Å². The minimum atomic E-state index is -2.87. The Morgan fingerprint density at radius 2 is 2.05 bits per heavy atom. The monoisotopic (exact) mass is 325 g/mol. The largest absolute Gasteiger partial charge is 0.309 e. The second-order valence-electron chi connectivity index (χ2n) is 5.47. The van der Waals surface area contributed by atoms with Crippen LogP contribution in [0.2, 0.25) is 0 Å². The van der Waals surface area contributed by atoms with Gasteiger partial charge in [0.25, 0.3) is 0 Å². The summed E-state index contributed by atoms with van der Waals surface area (Å²) >= 11 is 1.80. The number of hydrogen-bond donors (Lipinski definition) is 1. The fourth-order valence-corrected chi connectivity index (χ4v) is 4.25. The van der Waals surface area contributed by atoms with Gasteiger partial charge in [-0.2, -0.15) is 0 Å². The third kappa shape index (κ3) is 5.09. The lowest BCUT2D eigenvalue weighted by atomic mass is 10.1. The van der Waals surface area contributed by atoms with Gasteiger partial charge in [0, 0.05) is 27.6 Å². The highest BCUT2D eigenvalue weighted by atomic mass is 32.2. The first-order valence-corrected chi connectivity index (χ1v) is 10.3. The Morgan fingerprint density at radius 1 is 1.29 bits per heavy atom. The van der Waals surface area contributed by atoms with Crippen LogP contribution in [0.5, 0.6) is 0 Å². The van der Waals surface area contributed by atoms with E-state index < -0.39 is 9.84 Å². The molecule has 116 valence electrons. The molecule has 0 bridgehead atoms. The average molecular weight is 325 g/mol. The molecule has 0 fully saturated rings. The molecule has 0 radical (unpaired) electrons. The van der Waals surface area contributed by atoms with Crippen LogP contribution in [0.4, 0.5) is 0 Å². The van der Waals surface area contributed by atoms with E-state index in [1.165, 1.54) is 21.2 Å². The molecule has 0 spiro atoms. The predicted molar refractivity (Wildman–Crippen MR) is 91.8 cm³/mol. The first-order valence-electron chi connectivity index (χ1n) is 7.39. The number of benzene rings is 1. The fraction of sp³-hybridized carbons (Fsp3) is 0.500. The predicted octanol–water partition coefficient (Wildman–Crippen LogP) is 3.77. The van der Waals surface area contributed by atoms with Crippen molar-refractivity contribution in [2.45, 2.75) is 32.2 Å². The van der Waals surface area contributed by atoms with Gasteiger partial charge < -0.3 is 5.32 Å². The van der Waals surface area contributed by atoms with Crippen LogP contribution in [0.15, 0.2) is 30.3 Å². The van der Waals surface area contributed by atoms with Gasteiger partial charge in [0.15, 0.2) is 0 Å². The van der Waals surface area contributed by atoms with Gasteiger partial charge in [-0.15, -0.1) is 11.3 Å². The van der Waals surface area contributed by atoms with Crippen LogP contribution in [0.1, 0.15) is 37.1 Å². The topological polar surface area (TPSA) is 46.2 Å². The normalized spacial score (nSPS) is 13.6. The lowest BCUT2D eigenvalue weighted by Crippen LogP contribution is -2.22. The number of hydrogen-bond acceptors (Lipinski definition) is 4. The second-order valence-corrected chi connectivity index (χ2v) is 8.84. The van der Waals surface area contributed by atoms with Crippen LogP contribution >= 0.6 is 11.3 Å². The van der Waals surface area contributed by atoms with E-state index in [1.54, 1.807) is 11.3 Å². The zero-order valence-corrected chi connectivity index (χ0v) is 14.3. The molecular formula is C16H23NO2S2. The maximum atomic E-state index is 11.3. The molecule has 0 amide bonds. The Morgan fingerprint density at radius 3 is 2.71 bits per heavy atom. The molecule has 0 saturated carbocycles. The molecule has 1 aromatic carbocycles. The number of nitrogens with one attached hydrogen (secondary N) is 1. The maximum absolute atomic E-state index is 11.3. The van der Waals surface area contributed by atoms with Crippen molar-refractivity contribution in [1.29, 1.82) is 0 Å². The summed E-state index contributed by atoms with van der Waals surface area (Å²) in [5, 5.41) is 4.82. The summed E-state index contributed by atoms with van der Waals surface area (Å²) in [6.45, 7) is 3.10. The highest BCUT2D eigenvalue weighted by Crippen LogP contribution is 2.31. The maximum Gasteiger partial charge on any atom is 0.147 e. The summed E-state index contributed by atoms with van der Waals surface area (Å²) in [4.78, 5) is 1.30. The van der Waals surface area contributed by atoms with Crippen molar-refractivity contribution in [3.63, 3.8) is 0 Å². The molecular weight excluding hydrogens is 302 g/mol.